The van der Waals surface area contributed by atoms with Crippen LogP contribution in [0.4, 0.5) is 0 Å². The molecule has 0 aromatic rings. The second-order valence-corrected chi connectivity index (χ2v) is 4.94. The Kier molecular flexibility index (Phi) is 5.60. The summed E-state index contributed by atoms with van der Waals surface area (Å²) in [7, 11) is 0. The van der Waals surface area contributed by atoms with Crippen molar-refractivity contribution in [1.29, 1.82) is 0 Å². The van der Waals surface area contributed by atoms with Crippen molar-refractivity contribution >= 4 is 17.8 Å². The average Bonchev–Trinajstić information content (AvgIpc) is 2.98. The Morgan fingerprint density at radius 3 is 2.33 bits per heavy atom. The highest BCUT2D eigenvalue weighted by Gasteiger charge is 2.38. The van der Waals surface area contributed by atoms with Gasteiger partial charge in [-0.25, -0.2) is 18.9 Å². The molecule has 0 aliphatic carbocycles. The Labute approximate surface area is 123 Å². The zero-order valence-corrected chi connectivity index (χ0v) is 12.1. The lowest BCUT2D eigenvalue weighted by molar-refractivity contribution is -0.739. The standard InChI is InChI=1S/C10H13NO3.C5H6O2/c1-3-11(6-4-5-9(11)12)7-8(2)10(13)14;1-4-2-3-7-5(4)6/h3,7H,1,4-6H2,2H3;1-3H2/p+1. The third-order valence-corrected chi connectivity index (χ3v) is 3.40. The molecule has 6 nitrogen and oxygen atoms in total. The molecule has 2 heterocycles. The molecule has 0 aromatic carbocycles. The fraction of sp³-hybridized carbons (Fsp3) is 0.400. The Balaban J connectivity index is 0.000000262. The summed E-state index contributed by atoms with van der Waals surface area (Å²) in [6, 6.07) is 0. The van der Waals surface area contributed by atoms with Gasteiger partial charge in [-0.05, 0) is 13.5 Å². The van der Waals surface area contributed by atoms with Gasteiger partial charge in [-0.1, -0.05) is 6.58 Å². The van der Waals surface area contributed by atoms with Crippen LogP contribution in [0.1, 0.15) is 26.2 Å². The predicted molar refractivity (Wildman–Crippen MR) is 75.7 cm³/mol. The lowest BCUT2D eigenvalue weighted by atomic mass is 10.3. The van der Waals surface area contributed by atoms with Crippen molar-refractivity contribution in [2.24, 2.45) is 0 Å². The second kappa shape index (κ2) is 6.99. The Morgan fingerprint density at radius 2 is 2.05 bits per heavy atom. The van der Waals surface area contributed by atoms with E-state index in [0.717, 1.165) is 6.42 Å². The molecule has 2 aliphatic heterocycles. The molecular weight excluding hydrogens is 274 g/mol. The zero-order chi connectivity index (χ0) is 16.0. The van der Waals surface area contributed by atoms with Crippen LogP contribution in [0.5, 0.6) is 0 Å². The highest BCUT2D eigenvalue weighted by Crippen LogP contribution is 2.23. The van der Waals surface area contributed by atoms with Crippen LogP contribution >= 0.6 is 0 Å². The number of carboxylic acid groups (broad SMARTS) is 1. The van der Waals surface area contributed by atoms with Gasteiger partial charge < -0.3 is 9.84 Å². The minimum absolute atomic E-state index is 0.0144. The van der Waals surface area contributed by atoms with Crippen LogP contribution in [-0.4, -0.2) is 40.6 Å². The lowest BCUT2D eigenvalue weighted by Gasteiger charge is -2.21. The summed E-state index contributed by atoms with van der Waals surface area (Å²) in [6.45, 7) is 9.68. The number of likely N-dealkylation sites (tertiary alicyclic amines) is 1. The summed E-state index contributed by atoms with van der Waals surface area (Å²) in [6.07, 6.45) is 4.95. The molecule has 1 amide bonds. The van der Waals surface area contributed by atoms with Crippen LogP contribution in [0.25, 0.3) is 0 Å². The predicted octanol–water partition coefficient (Wildman–Crippen LogP) is 1.74. The van der Waals surface area contributed by atoms with E-state index in [-0.39, 0.29) is 21.9 Å². The first-order valence-corrected chi connectivity index (χ1v) is 6.64. The second-order valence-electron chi connectivity index (χ2n) is 4.94. The molecule has 6 heteroatoms. The van der Waals surface area contributed by atoms with Gasteiger partial charge in [0.05, 0.1) is 25.1 Å². The van der Waals surface area contributed by atoms with Gasteiger partial charge in [0.15, 0.2) is 0 Å². The van der Waals surface area contributed by atoms with E-state index in [1.54, 1.807) is 0 Å². The first-order valence-electron chi connectivity index (χ1n) is 6.64. The van der Waals surface area contributed by atoms with Crippen molar-refractivity contribution in [1.82, 2.24) is 0 Å². The largest absolute Gasteiger partial charge is 0.478 e. The number of hydrogen-bond acceptors (Lipinski definition) is 4. The van der Waals surface area contributed by atoms with Crippen molar-refractivity contribution in [3.63, 3.8) is 0 Å². The number of carboxylic acids is 1. The summed E-state index contributed by atoms with van der Waals surface area (Å²) in [4.78, 5) is 32.4. The number of carbonyl (C=O) groups is 3. The number of esters is 1. The summed E-state index contributed by atoms with van der Waals surface area (Å²) in [5.74, 6) is -1.22. The van der Waals surface area contributed by atoms with Gasteiger partial charge in [0.25, 0.3) is 0 Å². The highest BCUT2D eigenvalue weighted by molar-refractivity contribution is 5.89. The normalized spacial score (nSPS) is 25.2. The van der Waals surface area contributed by atoms with Crippen LogP contribution in [0.2, 0.25) is 0 Å². The SMILES string of the molecule is C=C1CCOC1=O.C=C[N+]1(C=C(C)C(=O)O)CCCC1=O. The van der Waals surface area contributed by atoms with Gasteiger partial charge in [0, 0.05) is 18.4 Å². The number of hydrogen-bond donors (Lipinski definition) is 1. The third-order valence-electron chi connectivity index (χ3n) is 3.40. The minimum atomic E-state index is -0.996. The van der Waals surface area contributed by atoms with E-state index in [9.17, 15) is 14.4 Å². The Bertz CT molecular complexity index is 506. The lowest BCUT2D eigenvalue weighted by Crippen LogP contribution is -2.38. The average molecular weight is 294 g/mol. The van der Waals surface area contributed by atoms with Crippen molar-refractivity contribution in [2.75, 3.05) is 13.2 Å². The molecule has 0 aromatic heterocycles. The molecule has 2 saturated heterocycles. The summed E-state index contributed by atoms with van der Waals surface area (Å²) >= 11 is 0. The van der Waals surface area contributed by atoms with Crippen LogP contribution in [0.3, 0.4) is 0 Å². The van der Waals surface area contributed by atoms with Gasteiger partial charge in [-0.2, -0.15) is 0 Å². The van der Waals surface area contributed by atoms with Crippen molar-refractivity contribution in [3.8, 4) is 0 Å². The first kappa shape index (κ1) is 16.8. The summed E-state index contributed by atoms with van der Waals surface area (Å²) in [5.41, 5.74) is 0.778. The number of cyclic esters (lactones) is 1. The van der Waals surface area contributed by atoms with Gasteiger partial charge in [0.2, 0.25) is 0 Å². The molecule has 0 spiro atoms. The molecule has 0 radical (unpaired) electrons. The monoisotopic (exact) mass is 294 g/mol. The zero-order valence-electron chi connectivity index (χ0n) is 12.1. The number of ether oxygens (including phenoxy) is 1. The number of nitrogens with zero attached hydrogens (tertiary/aromatic N) is 1. The van der Waals surface area contributed by atoms with Crippen molar-refractivity contribution in [3.05, 3.63) is 36.7 Å². The van der Waals surface area contributed by atoms with E-state index in [2.05, 4.69) is 17.9 Å². The Hall–Kier alpha value is -2.21. The smallest absolute Gasteiger partial charge is 0.336 e. The molecule has 2 fully saturated rings. The highest BCUT2D eigenvalue weighted by atomic mass is 16.5. The summed E-state index contributed by atoms with van der Waals surface area (Å²) < 4.78 is 4.50. The molecule has 2 rings (SSSR count). The van der Waals surface area contributed by atoms with E-state index < -0.39 is 5.97 Å². The van der Waals surface area contributed by atoms with E-state index in [1.165, 1.54) is 19.3 Å². The maximum absolute atomic E-state index is 11.5. The third kappa shape index (κ3) is 4.13. The number of aliphatic carboxylic acids is 1. The number of quaternary nitrogens is 1. The van der Waals surface area contributed by atoms with Gasteiger partial charge in [-0.15, -0.1) is 0 Å². The molecule has 0 bridgehead atoms. The van der Waals surface area contributed by atoms with E-state index in [0.29, 0.717) is 31.6 Å². The topological polar surface area (TPSA) is 80.7 Å². The van der Waals surface area contributed by atoms with Crippen LogP contribution in [0.15, 0.2) is 36.7 Å². The first-order chi connectivity index (χ1) is 9.82. The molecular formula is C15H20NO5+. The van der Waals surface area contributed by atoms with Crippen molar-refractivity contribution in [2.45, 2.75) is 26.2 Å². The molecule has 1 N–H and O–H groups in total. The number of amides is 1. The van der Waals surface area contributed by atoms with Crippen LogP contribution < -0.4 is 0 Å². The van der Waals surface area contributed by atoms with Crippen molar-refractivity contribution < 1.29 is 28.7 Å². The van der Waals surface area contributed by atoms with Crippen LogP contribution in [-0.2, 0) is 19.1 Å². The van der Waals surface area contributed by atoms with E-state index in [1.807, 2.05) is 0 Å². The van der Waals surface area contributed by atoms with Gasteiger partial charge >= 0.3 is 17.8 Å². The Morgan fingerprint density at radius 1 is 1.38 bits per heavy atom. The molecule has 0 saturated carbocycles. The maximum Gasteiger partial charge on any atom is 0.336 e. The van der Waals surface area contributed by atoms with Gasteiger partial charge in [0.1, 0.15) is 12.4 Å². The maximum atomic E-state index is 11.5. The fourth-order valence-corrected chi connectivity index (χ4v) is 2.08. The fourth-order valence-electron chi connectivity index (χ4n) is 2.08. The number of rotatable bonds is 3. The van der Waals surface area contributed by atoms with E-state index >= 15 is 0 Å². The van der Waals surface area contributed by atoms with E-state index in [4.69, 9.17) is 5.11 Å². The molecule has 2 aliphatic rings. The minimum Gasteiger partial charge on any atom is -0.478 e. The molecule has 1 unspecified atom stereocenters. The molecule has 21 heavy (non-hydrogen) atoms. The number of carbonyl (C=O) groups excluding carboxylic acids is 2. The molecule has 1 atom stereocenters. The quantitative estimate of drug-likeness (QED) is 0.487. The summed E-state index contributed by atoms with van der Waals surface area (Å²) in [5, 5.41) is 8.71. The van der Waals surface area contributed by atoms with Gasteiger partial charge in [-0.3, -0.25) is 0 Å². The van der Waals surface area contributed by atoms with Crippen LogP contribution in [0, 0.1) is 0 Å². The molecule has 114 valence electrons.